The smallest absolute Gasteiger partial charge is 0.321 e. The number of urea groups is 1. The summed E-state index contributed by atoms with van der Waals surface area (Å²) in [5.74, 6) is 2.24. The lowest BCUT2D eigenvalue weighted by atomic mass is 10.2. The molecule has 0 radical (unpaired) electrons. The molecular formula is C21H22ClN5O3. The van der Waals surface area contributed by atoms with Gasteiger partial charge < -0.3 is 20.1 Å². The van der Waals surface area contributed by atoms with E-state index in [1.165, 1.54) is 0 Å². The number of nitrogens with zero attached hydrogens (tertiary/aromatic N) is 2. The highest BCUT2D eigenvalue weighted by atomic mass is 35.5. The first-order chi connectivity index (χ1) is 14.6. The number of fused-ring (bicyclic) bond motifs is 2. The Labute approximate surface area is 178 Å². The second-order valence-electron chi connectivity index (χ2n) is 6.83. The highest BCUT2D eigenvalue weighted by Gasteiger charge is 2.14. The van der Waals surface area contributed by atoms with Gasteiger partial charge in [-0.3, -0.25) is 5.32 Å². The number of rotatable bonds is 7. The van der Waals surface area contributed by atoms with Crippen LogP contribution in [0.2, 0.25) is 5.02 Å². The van der Waals surface area contributed by atoms with E-state index in [0.717, 1.165) is 35.3 Å². The van der Waals surface area contributed by atoms with Crippen LogP contribution in [0.5, 0.6) is 11.5 Å². The Morgan fingerprint density at radius 2 is 2.00 bits per heavy atom. The SMILES string of the molecule is CCCCNC(=O)Nc1nc(NCc2ccc3c(c2)OCO3)c2cc(Cl)ccc2n1. The first-order valence-electron chi connectivity index (χ1n) is 9.77. The summed E-state index contributed by atoms with van der Waals surface area (Å²) in [6, 6.07) is 10.8. The number of nitrogens with one attached hydrogen (secondary N) is 3. The number of carbonyl (C=O) groups excluding carboxylic acids is 1. The molecule has 0 unspecified atom stereocenters. The van der Waals surface area contributed by atoms with E-state index < -0.39 is 0 Å². The van der Waals surface area contributed by atoms with Crippen molar-refractivity contribution in [1.29, 1.82) is 0 Å². The van der Waals surface area contributed by atoms with Crippen molar-refractivity contribution >= 4 is 40.3 Å². The Kier molecular flexibility index (Phi) is 6.04. The lowest BCUT2D eigenvalue weighted by molar-refractivity contribution is 0.174. The maximum Gasteiger partial charge on any atom is 0.321 e. The molecule has 30 heavy (non-hydrogen) atoms. The van der Waals surface area contributed by atoms with Gasteiger partial charge in [0.1, 0.15) is 5.82 Å². The van der Waals surface area contributed by atoms with E-state index in [0.29, 0.717) is 29.4 Å². The molecule has 0 atom stereocenters. The standard InChI is InChI=1S/C21H22ClN5O3/c1-2-3-8-23-21(28)27-20-25-16-6-5-14(22)10-15(16)19(26-20)24-11-13-4-7-17-18(9-13)30-12-29-17/h4-7,9-10H,2-3,8,11-12H2,1H3,(H3,23,24,25,26,27,28). The summed E-state index contributed by atoms with van der Waals surface area (Å²) >= 11 is 6.17. The van der Waals surface area contributed by atoms with Gasteiger partial charge in [0.05, 0.1) is 5.52 Å². The van der Waals surface area contributed by atoms with E-state index in [1.807, 2.05) is 18.2 Å². The van der Waals surface area contributed by atoms with Crippen LogP contribution in [0.4, 0.5) is 16.6 Å². The van der Waals surface area contributed by atoms with Gasteiger partial charge in [-0.2, -0.15) is 4.98 Å². The number of unbranched alkanes of at least 4 members (excludes halogenated alkanes) is 1. The number of halogens is 1. The van der Waals surface area contributed by atoms with Crippen LogP contribution in [0.3, 0.4) is 0 Å². The minimum atomic E-state index is -0.335. The van der Waals surface area contributed by atoms with Crippen LogP contribution in [-0.2, 0) is 6.54 Å². The number of anilines is 2. The van der Waals surface area contributed by atoms with E-state index in [4.69, 9.17) is 21.1 Å². The molecule has 0 spiro atoms. The van der Waals surface area contributed by atoms with E-state index in [1.54, 1.807) is 18.2 Å². The molecule has 0 bridgehead atoms. The van der Waals surface area contributed by atoms with Crippen LogP contribution in [0, 0.1) is 0 Å². The molecule has 0 saturated carbocycles. The second-order valence-corrected chi connectivity index (χ2v) is 7.27. The maximum atomic E-state index is 12.1. The Morgan fingerprint density at radius 1 is 1.13 bits per heavy atom. The molecule has 156 valence electrons. The molecule has 1 aromatic heterocycles. The third-order valence-corrected chi connectivity index (χ3v) is 4.83. The monoisotopic (exact) mass is 427 g/mol. The Hall–Kier alpha value is -3.26. The fraction of sp³-hybridized carbons (Fsp3) is 0.286. The summed E-state index contributed by atoms with van der Waals surface area (Å²) in [5.41, 5.74) is 1.67. The summed E-state index contributed by atoms with van der Waals surface area (Å²) in [7, 11) is 0. The molecule has 1 aliphatic rings. The van der Waals surface area contributed by atoms with Crippen LogP contribution in [0.1, 0.15) is 25.3 Å². The van der Waals surface area contributed by atoms with Crippen molar-refractivity contribution in [2.75, 3.05) is 24.0 Å². The first kappa shape index (κ1) is 20.0. The fourth-order valence-corrected chi connectivity index (χ4v) is 3.22. The molecule has 9 heteroatoms. The zero-order valence-corrected chi connectivity index (χ0v) is 17.3. The van der Waals surface area contributed by atoms with Crippen molar-refractivity contribution in [2.45, 2.75) is 26.3 Å². The molecule has 0 fully saturated rings. The molecule has 0 aliphatic carbocycles. The van der Waals surface area contributed by atoms with Crippen molar-refractivity contribution in [2.24, 2.45) is 0 Å². The summed E-state index contributed by atoms with van der Waals surface area (Å²) in [6.07, 6.45) is 1.91. The predicted molar refractivity (Wildman–Crippen MR) is 116 cm³/mol. The van der Waals surface area contributed by atoms with Gasteiger partial charge in [-0.1, -0.05) is 31.0 Å². The van der Waals surface area contributed by atoms with Crippen molar-refractivity contribution in [3.05, 3.63) is 47.0 Å². The average Bonchev–Trinajstić information content (AvgIpc) is 3.20. The highest BCUT2D eigenvalue weighted by molar-refractivity contribution is 6.31. The predicted octanol–water partition coefficient (Wildman–Crippen LogP) is 4.55. The van der Waals surface area contributed by atoms with Gasteiger partial charge in [-0.15, -0.1) is 0 Å². The molecule has 8 nitrogen and oxygen atoms in total. The van der Waals surface area contributed by atoms with Crippen molar-refractivity contribution in [3.8, 4) is 11.5 Å². The molecule has 0 saturated heterocycles. The first-order valence-corrected chi connectivity index (χ1v) is 10.1. The fourth-order valence-electron chi connectivity index (χ4n) is 3.05. The van der Waals surface area contributed by atoms with Crippen molar-refractivity contribution < 1.29 is 14.3 Å². The lowest BCUT2D eigenvalue weighted by Crippen LogP contribution is -2.30. The van der Waals surface area contributed by atoms with Gasteiger partial charge in [0, 0.05) is 23.5 Å². The van der Waals surface area contributed by atoms with Gasteiger partial charge in [0.25, 0.3) is 0 Å². The van der Waals surface area contributed by atoms with Crippen LogP contribution >= 0.6 is 11.6 Å². The van der Waals surface area contributed by atoms with E-state index in [-0.39, 0.29) is 18.8 Å². The van der Waals surface area contributed by atoms with Gasteiger partial charge >= 0.3 is 6.03 Å². The van der Waals surface area contributed by atoms with Crippen LogP contribution in [-0.4, -0.2) is 29.3 Å². The van der Waals surface area contributed by atoms with Gasteiger partial charge in [-0.05, 0) is 42.3 Å². The zero-order valence-electron chi connectivity index (χ0n) is 16.5. The molecule has 2 heterocycles. The number of hydrogen-bond acceptors (Lipinski definition) is 6. The van der Waals surface area contributed by atoms with Gasteiger partial charge in [0.15, 0.2) is 11.5 Å². The van der Waals surface area contributed by atoms with Crippen LogP contribution in [0.25, 0.3) is 10.9 Å². The normalized spacial score (nSPS) is 12.1. The third-order valence-electron chi connectivity index (χ3n) is 4.60. The summed E-state index contributed by atoms with van der Waals surface area (Å²) < 4.78 is 10.8. The number of amides is 2. The molecule has 3 N–H and O–H groups in total. The Bertz CT molecular complexity index is 1080. The van der Waals surface area contributed by atoms with Crippen molar-refractivity contribution in [1.82, 2.24) is 15.3 Å². The van der Waals surface area contributed by atoms with E-state index in [2.05, 4.69) is 32.8 Å². The average molecular weight is 428 g/mol. The van der Waals surface area contributed by atoms with Crippen molar-refractivity contribution in [3.63, 3.8) is 0 Å². The summed E-state index contributed by atoms with van der Waals surface area (Å²) in [6.45, 7) is 3.39. The topological polar surface area (TPSA) is 97.4 Å². The zero-order chi connectivity index (χ0) is 20.9. The van der Waals surface area contributed by atoms with Gasteiger partial charge in [0.2, 0.25) is 12.7 Å². The summed E-state index contributed by atoms with van der Waals surface area (Å²) in [5, 5.41) is 10.1. The summed E-state index contributed by atoms with van der Waals surface area (Å²) in [4.78, 5) is 21.0. The number of benzene rings is 2. The minimum absolute atomic E-state index is 0.215. The largest absolute Gasteiger partial charge is 0.454 e. The third kappa shape index (κ3) is 4.65. The van der Waals surface area contributed by atoms with Gasteiger partial charge in [-0.25, -0.2) is 9.78 Å². The lowest BCUT2D eigenvalue weighted by Gasteiger charge is -2.12. The molecule has 1 aliphatic heterocycles. The van der Waals surface area contributed by atoms with E-state index in [9.17, 15) is 4.79 Å². The van der Waals surface area contributed by atoms with E-state index >= 15 is 0 Å². The number of hydrogen-bond donors (Lipinski definition) is 3. The molecule has 3 aromatic rings. The molecular weight excluding hydrogens is 406 g/mol. The molecule has 2 amide bonds. The number of aromatic nitrogens is 2. The Morgan fingerprint density at radius 3 is 2.87 bits per heavy atom. The second kappa shape index (κ2) is 9.04. The number of carbonyl (C=O) groups is 1. The molecule has 4 rings (SSSR count). The highest BCUT2D eigenvalue weighted by Crippen LogP contribution is 2.33. The minimum Gasteiger partial charge on any atom is -0.454 e. The van der Waals surface area contributed by atoms with Crippen LogP contribution in [0.15, 0.2) is 36.4 Å². The number of ether oxygens (including phenoxy) is 2. The van der Waals surface area contributed by atoms with Crippen LogP contribution < -0.4 is 25.4 Å². The maximum absolute atomic E-state index is 12.1. The Balaban J connectivity index is 1.55. The molecule has 2 aromatic carbocycles. The quantitative estimate of drug-likeness (QED) is 0.479.